The van der Waals surface area contributed by atoms with Crippen molar-refractivity contribution in [2.45, 2.75) is 5.41 Å². The number of hydrogen-bond acceptors (Lipinski definition) is 2. The number of para-hydroxylation sites is 3. The van der Waals surface area contributed by atoms with E-state index in [1.54, 1.807) is 0 Å². The first-order valence-corrected chi connectivity index (χ1v) is 22.6. The summed E-state index contributed by atoms with van der Waals surface area (Å²) >= 11 is 0. The molecule has 1 aliphatic carbocycles. The summed E-state index contributed by atoms with van der Waals surface area (Å²) in [6.07, 6.45) is 4.46. The molecule has 0 radical (unpaired) electrons. The number of nitrogens with zero attached hydrogens (tertiary/aromatic N) is 2. The lowest BCUT2D eigenvalue weighted by molar-refractivity contribution is -0.594. The zero-order valence-electron chi connectivity index (χ0n) is 36.0. The van der Waals surface area contributed by atoms with Crippen LogP contribution in [-0.2, 0) is 5.41 Å². The van der Waals surface area contributed by atoms with Crippen LogP contribution in [0, 0.1) is 0 Å². The first-order chi connectivity index (χ1) is 32.7. The van der Waals surface area contributed by atoms with E-state index < -0.39 is 5.41 Å². The van der Waals surface area contributed by atoms with Crippen molar-refractivity contribution in [2.24, 2.45) is 0 Å². The molecule has 66 heavy (non-hydrogen) atoms. The molecule has 11 aromatic rings. The molecule has 2 aliphatic rings. The molecule has 0 N–H and O–H groups in total. The van der Waals surface area contributed by atoms with Gasteiger partial charge in [-0.05, 0) is 92.5 Å². The lowest BCUT2D eigenvalue weighted by Crippen LogP contribution is -2.32. The zero-order valence-corrected chi connectivity index (χ0v) is 36.0. The van der Waals surface area contributed by atoms with Gasteiger partial charge in [-0.15, -0.1) is 0 Å². The first-order valence-electron chi connectivity index (χ1n) is 22.6. The van der Waals surface area contributed by atoms with E-state index in [2.05, 4.69) is 254 Å². The second kappa shape index (κ2) is 15.3. The Morgan fingerprint density at radius 2 is 0.879 bits per heavy atom. The minimum atomic E-state index is -0.685. The van der Waals surface area contributed by atoms with Gasteiger partial charge in [0, 0.05) is 50.9 Å². The average Bonchev–Trinajstić information content (AvgIpc) is 3.70. The van der Waals surface area contributed by atoms with Crippen molar-refractivity contribution in [3.05, 3.63) is 271 Å². The molecule has 1 aliphatic heterocycles. The quantitative estimate of drug-likeness (QED) is 0.156. The second-order valence-corrected chi connectivity index (χ2v) is 17.3. The van der Waals surface area contributed by atoms with Crippen LogP contribution in [0.5, 0.6) is 11.5 Å². The Morgan fingerprint density at radius 1 is 0.364 bits per heavy atom. The number of pyridine rings is 2. The molecule has 308 valence electrons. The highest BCUT2D eigenvalue weighted by Gasteiger charge is 2.53. The van der Waals surface area contributed by atoms with Gasteiger partial charge in [0.1, 0.15) is 11.5 Å². The van der Waals surface area contributed by atoms with E-state index in [1.165, 1.54) is 27.8 Å². The molecule has 3 nitrogen and oxygen atoms in total. The monoisotopic (exact) mass is 841 g/mol. The Bertz CT molecular complexity index is 3620. The summed E-state index contributed by atoms with van der Waals surface area (Å²) in [7, 11) is 0. The fourth-order valence-corrected chi connectivity index (χ4v) is 10.6. The molecule has 0 fully saturated rings. The summed E-state index contributed by atoms with van der Waals surface area (Å²) in [6, 6.07) is 85.0. The molecule has 2 aromatic heterocycles. The first kappa shape index (κ1) is 37.9. The summed E-state index contributed by atoms with van der Waals surface area (Å²) < 4.78 is 9.15. The molecule has 0 saturated heterocycles. The average molecular weight is 842 g/mol. The van der Waals surface area contributed by atoms with Gasteiger partial charge in [0.05, 0.1) is 16.6 Å². The molecule has 0 bridgehead atoms. The summed E-state index contributed by atoms with van der Waals surface area (Å²) in [4.78, 5) is 5.44. The fourth-order valence-electron chi connectivity index (χ4n) is 10.6. The highest BCUT2D eigenvalue weighted by Crippen LogP contribution is 2.64. The van der Waals surface area contributed by atoms with Crippen LogP contribution in [0.2, 0.25) is 0 Å². The SMILES string of the molecule is c1ccc(-c2cc(-c3cccc(-c4cccc(-c5ccc6c(c5)C5(c7ccccc7O6)c6ccccc6-c6c(-c7ccccc7)nc7ccccc7c65)c4)c3)c[n+](-c3ccccc3)c2)cc1. The molecule has 0 saturated carbocycles. The fraction of sp³-hybridized carbons (Fsp3) is 0.0159. The number of hydrogen-bond donors (Lipinski definition) is 0. The third kappa shape index (κ3) is 5.98. The van der Waals surface area contributed by atoms with Crippen LogP contribution < -0.4 is 9.30 Å². The Kier molecular flexibility index (Phi) is 8.75. The Morgan fingerprint density at radius 3 is 1.61 bits per heavy atom. The number of ether oxygens (including phenoxy) is 1. The zero-order chi connectivity index (χ0) is 43.6. The van der Waals surface area contributed by atoms with Crippen LogP contribution >= 0.6 is 0 Å². The van der Waals surface area contributed by atoms with Crippen molar-refractivity contribution in [1.29, 1.82) is 0 Å². The van der Waals surface area contributed by atoms with Crippen LogP contribution in [0.4, 0.5) is 0 Å². The topological polar surface area (TPSA) is 26.0 Å². The van der Waals surface area contributed by atoms with Crippen molar-refractivity contribution < 1.29 is 9.30 Å². The van der Waals surface area contributed by atoms with Crippen LogP contribution in [0.1, 0.15) is 22.3 Å². The van der Waals surface area contributed by atoms with Gasteiger partial charge < -0.3 is 4.74 Å². The van der Waals surface area contributed by atoms with Crippen molar-refractivity contribution >= 4 is 10.9 Å². The molecule has 3 heterocycles. The maximum Gasteiger partial charge on any atom is 0.210 e. The number of fused-ring (bicyclic) bond motifs is 11. The van der Waals surface area contributed by atoms with E-state index in [-0.39, 0.29) is 0 Å². The molecule has 9 aromatic carbocycles. The molecule has 1 atom stereocenters. The highest BCUT2D eigenvalue weighted by molar-refractivity contribution is 6.04. The highest BCUT2D eigenvalue weighted by atomic mass is 16.5. The maximum atomic E-state index is 6.92. The standard InChI is InChI=1S/C63H41N2O/c1-4-18-42(19-5-1)49-38-50(41-65(40-49)51-26-8-3-9-27-51)47-25-17-23-45(37-47)44-22-16-24-46(36-44)48-34-35-59-56(39-48)63(55-31-13-15-33-58(55)66-59)54-30-12-10-28-52(54)60-61(63)53-29-11-14-32-57(53)64-62(60)43-20-6-2-7-21-43/h1-41H/q+1. The van der Waals surface area contributed by atoms with Crippen molar-refractivity contribution in [3.63, 3.8) is 0 Å². The summed E-state index contributed by atoms with van der Waals surface area (Å²) in [5.74, 6) is 1.73. The van der Waals surface area contributed by atoms with Crippen LogP contribution in [-0.4, -0.2) is 4.98 Å². The third-order valence-electron chi connectivity index (χ3n) is 13.6. The minimum absolute atomic E-state index is 0.685. The maximum absolute atomic E-state index is 6.92. The minimum Gasteiger partial charge on any atom is -0.457 e. The molecule has 1 unspecified atom stereocenters. The second-order valence-electron chi connectivity index (χ2n) is 17.3. The van der Waals surface area contributed by atoms with Gasteiger partial charge in [-0.3, -0.25) is 0 Å². The van der Waals surface area contributed by atoms with E-state index in [9.17, 15) is 0 Å². The lowest BCUT2D eigenvalue weighted by Gasteiger charge is -2.40. The molecule has 3 heteroatoms. The van der Waals surface area contributed by atoms with E-state index in [0.717, 1.165) is 89.4 Å². The van der Waals surface area contributed by atoms with E-state index in [0.29, 0.717) is 0 Å². The van der Waals surface area contributed by atoms with Gasteiger partial charge in [0.15, 0.2) is 12.4 Å². The number of benzene rings is 9. The van der Waals surface area contributed by atoms with Crippen LogP contribution in [0.3, 0.4) is 0 Å². The molecule has 1 spiro atoms. The lowest BCUT2D eigenvalue weighted by atomic mass is 9.65. The Balaban J connectivity index is 0.978. The number of aromatic nitrogens is 2. The molecule has 13 rings (SSSR count). The van der Waals surface area contributed by atoms with Crippen molar-refractivity contribution in [1.82, 2.24) is 4.98 Å². The van der Waals surface area contributed by atoms with Gasteiger partial charge >= 0.3 is 0 Å². The molecular weight excluding hydrogens is 801 g/mol. The van der Waals surface area contributed by atoms with E-state index in [1.807, 2.05) is 0 Å². The summed E-state index contributed by atoms with van der Waals surface area (Å²) in [6.45, 7) is 0. The molecular formula is C63H41N2O+. The summed E-state index contributed by atoms with van der Waals surface area (Å²) in [5, 5.41) is 1.14. The van der Waals surface area contributed by atoms with Crippen molar-refractivity contribution in [3.8, 4) is 84.1 Å². The predicted molar refractivity (Wildman–Crippen MR) is 268 cm³/mol. The molecule has 0 amide bonds. The van der Waals surface area contributed by atoms with Gasteiger partial charge in [-0.25, -0.2) is 4.98 Å². The van der Waals surface area contributed by atoms with E-state index in [4.69, 9.17) is 9.72 Å². The predicted octanol–water partition coefficient (Wildman–Crippen LogP) is 15.3. The number of rotatable bonds is 6. The smallest absolute Gasteiger partial charge is 0.210 e. The van der Waals surface area contributed by atoms with Crippen LogP contribution in [0.15, 0.2) is 249 Å². The Labute approximate surface area is 384 Å². The Hall–Kier alpha value is -8.66. The van der Waals surface area contributed by atoms with Crippen LogP contribution in [0.25, 0.3) is 83.5 Å². The van der Waals surface area contributed by atoms with E-state index >= 15 is 0 Å². The van der Waals surface area contributed by atoms with Gasteiger partial charge in [-0.1, -0.05) is 182 Å². The van der Waals surface area contributed by atoms with Gasteiger partial charge in [0.25, 0.3) is 0 Å². The third-order valence-corrected chi connectivity index (χ3v) is 13.6. The van der Waals surface area contributed by atoms with Gasteiger partial charge in [0.2, 0.25) is 5.69 Å². The normalized spacial score (nSPS) is 14.2. The summed E-state index contributed by atoms with van der Waals surface area (Å²) in [5.41, 5.74) is 19.8. The largest absolute Gasteiger partial charge is 0.457 e. The van der Waals surface area contributed by atoms with Crippen molar-refractivity contribution in [2.75, 3.05) is 0 Å². The van der Waals surface area contributed by atoms with Gasteiger partial charge in [-0.2, -0.15) is 4.57 Å².